The molecule has 1 aromatic carbocycles. The predicted molar refractivity (Wildman–Crippen MR) is 132 cm³/mol. The molecular formula is C25H34N6O4. The number of aliphatic imine (C=N–C) groups is 2. The van der Waals surface area contributed by atoms with E-state index in [0.717, 1.165) is 36.8 Å². The van der Waals surface area contributed by atoms with E-state index in [2.05, 4.69) is 15.3 Å². The van der Waals surface area contributed by atoms with Crippen LogP contribution in [0.1, 0.15) is 56.1 Å². The number of hydrogen-bond donors (Lipinski definition) is 4. The van der Waals surface area contributed by atoms with E-state index in [9.17, 15) is 19.5 Å². The fourth-order valence-electron chi connectivity index (χ4n) is 5.64. The van der Waals surface area contributed by atoms with Crippen molar-refractivity contribution in [1.29, 1.82) is 0 Å². The maximum atomic E-state index is 13.8. The minimum atomic E-state index is -1.12. The highest BCUT2D eigenvalue weighted by atomic mass is 16.4. The van der Waals surface area contributed by atoms with Crippen molar-refractivity contribution in [2.75, 3.05) is 6.54 Å². The summed E-state index contributed by atoms with van der Waals surface area (Å²) in [6.07, 6.45) is 7.30. The van der Waals surface area contributed by atoms with Crippen LogP contribution < -0.4 is 16.8 Å². The van der Waals surface area contributed by atoms with E-state index in [4.69, 9.17) is 11.5 Å². The molecule has 10 nitrogen and oxygen atoms in total. The van der Waals surface area contributed by atoms with Crippen LogP contribution in [0, 0.1) is 5.92 Å². The summed E-state index contributed by atoms with van der Waals surface area (Å²) in [5.41, 5.74) is 12.7. The van der Waals surface area contributed by atoms with Crippen molar-refractivity contribution in [1.82, 2.24) is 10.2 Å². The van der Waals surface area contributed by atoms with Gasteiger partial charge in [0, 0.05) is 25.2 Å². The number of nitrogens with two attached hydrogens (primary N) is 2. The van der Waals surface area contributed by atoms with Gasteiger partial charge in [-0.05, 0) is 49.1 Å². The molecule has 2 fully saturated rings. The second-order valence-corrected chi connectivity index (χ2v) is 9.65. The average molecular weight is 483 g/mol. The van der Waals surface area contributed by atoms with Gasteiger partial charge in [-0.2, -0.15) is 0 Å². The molecule has 4 rings (SSSR count). The summed E-state index contributed by atoms with van der Waals surface area (Å²) in [6, 6.07) is 5.51. The van der Waals surface area contributed by atoms with Crippen LogP contribution in [-0.2, 0) is 20.8 Å². The van der Waals surface area contributed by atoms with Crippen LogP contribution in [-0.4, -0.2) is 70.7 Å². The molecule has 1 aromatic rings. The molecule has 0 aromatic heterocycles. The van der Waals surface area contributed by atoms with Gasteiger partial charge in [-0.1, -0.05) is 37.1 Å². The molecule has 5 atom stereocenters. The van der Waals surface area contributed by atoms with Crippen LogP contribution >= 0.6 is 0 Å². The SMILES string of the molecule is NC(N)=NCCC[C@H](NC(=O)[C@@H]1C[C@@H]2CCCC[C@@H]2N1C(=O)[C@H]1Cc2ccccc2C=N1)C(=O)O. The third kappa shape index (κ3) is 5.63. The number of hydrogen-bond acceptors (Lipinski definition) is 5. The summed E-state index contributed by atoms with van der Waals surface area (Å²) in [7, 11) is 0. The van der Waals surface area contributed by atoms with Gasteiger partial charge in [0.1, 0.15) is 18.1 Å². The Labute approximate surface area is 204 Å². The lowest BCUT2D eigenvalue weighted by Crippen LogP contribution is -2.55. The van der Waals surface area contributed by atoms with Gasteiger partial charge in [0.25, 0.3) is 0 Å². The summed E-state index contributed by atoms with van der Waals surface area (Å²) in [5, 5.41) is 12.3. The number of nitrogens with zero attached hydrogens (tertiary/aromatic N) is 3. The van der Waals surface area contributed by atoms with E-state index >= 15 is 0 Å². The van der Waals surface area contributed by atoms with E-state index < -0.39 is 30.0 Å². The molecule has 0 spiro atoms. The summed E-state index contributed by atoms with van der Waals surface area (Å²) >= 11 is 0. The number of amides is 2. The van der Waals surface area contributed by atoms with Gasteiger partial charge in [-0.15, -0.1) is 0 Å². The summed E-state index contributed by atoms with van der Waals surface area (Å²) in [4.78, 5) is 49.0. The third-order valence-corrected chi connectivity index (χ3v) is 7.35. The molecule has 0 bridgehead atoms. The Morgan fingerprint density at radius 3 is 2.74 bits per heavy atom. The smallest absolute Gasteiger partial charge is 0.326 e. The second-order valence-electron chi connectivity index (χ2n) is 9.65. The molecule has 188 valence electrons. The summed E-state index contributed by atoms with van der Waals surface area (Å²) < 4.78 is 0. The lowest BCUT2D eigenvalue weighted by atomic mass is 9.84. The normalized spacial score (nSPS) is 25.8. The van der Waals surface area contributed by atoms with Crippen molar-refractivity contribution < 1.29 is 19.5 Å². The summed E-state index contributed by atoms with van der Waals surface area (Å²) in [5.74, 6) is -1.50. The Hall–Kier alpha value is -3.43. The van der Waals surface area contributed by atoms with Crippen molar-refractivity contribution in [2.24, 2.45) is 27.4 Å². The third-order valence-electron chi connectivity index (χ3n) is 7.35. The van der Waals surface area contributed by atoms with Crippen LogP contribution in [0.2, 0.25) is 0 Å². The van der Waals surface area contributed by atoms with E-state index in [0.29, 0.717) is 19.3 Å². The van der Waals surface area contributed by atoms with Crippen molar-refractivity contribution in [3.05, 3.63) is 35.4 Å². The fraction of sp³-hybridized carbons (Fsp3) is 0.560. The molecular weight excluding hydrogens is 448 g/mol. The number of guanidine groups is 1. The number of rotatable bonds is 8. The molecule has 0 radical (unpaired) electrons. The molecule has 1 saturated heterocycles. The molecule has 2 amide bonds. The van der Waals surface area contributed by atoms with Crippen molar-refractivity contribution in [3.8, 4) is 0 Å². The topological polar surface area (TPSA) is 163 Å². The van der Waals surface area contributed by atoms with Crippen molar-refractivity contribution in [3.63, 3.8) is 0 Å². The second kappa shape index (κ2) is 10.9. The number of carboxylic acids is 1. The van der Waals surface area contributed by atoms with Crippen LogP contribution in [0.15, 0.2) is 34.3 Å². The molecule has 1 aliphatic carbocycles. The maximum Gasteiger partial charge on any atom is 0.326 e. The Kier molecular flexibility index (Phi) is 7.67. The zero-order chi connectivity index (χ0) is 24.9. The van der Waals surface area contributed by atoms with Gasteiger partial charge in [-0.25, -0.2) is 4.79 Å². The van der Waals surface area contributed by atoms with Gasteiger partial charge in [-0.3, -0.25) is 19.6 Å². The number of benzene rings is 1. The Morgan fingerprint density at radius 2 is 1.97 bits per heavy atom. The van der Waals surface area contributed by atoms with Gasteiger partial charge in [0.15, 0.2) is 5.96 Å². The van der Waals surface area contributed by atoms with Crippen LogP contribution in [0.3, 0.4) is 0 Å². The van der Waals surface area contributed by atoms with Crippen molar-refractivity contribution in [2.45, 2.75) is 75.5 Å². The van der Waals surface area contributed by atoms with E-state index in [1.54, 1.807) is 11.1 Å². The van der Waals surface area contributed by atoms with Crippen LogP contribution in [0.25, 0.3) is 0 Å². The number of fused-ring (bicyclic) bond motifs is 2. The molecule has 2 heterocycles. The molecule has 35 heavy (non-hydrogen) atoms. The van der Waals surface area contributed by atoms with Gasteiger partial charge >= 0.3 is 5.97 Å². The molecule has 1 saturated carbocycles. The quantitative estimate of drug-likeness (QED) is 0.243. The van der Waals surface area contributed by atoms with Gasteiger partial charge < -0.3 is 26.8 Å². The Balaban J connectivity index is 1.49. The monoisotopic (exact) mass is 482 g/mol. The highest BCUT2D eigenvalue weighted by Gasteiger charge is 2.49. The zero-order valence-corrected chi connectivity index (χ0v) is 19.8. The molecule has 6 N–H and O–H groups in total. The lowest BCUT2D eigenvalue weighted by molar-refractivity contribution is -0.145. The number of carboxylic acid groups (broad SMARTS) is 1. The lowest BCUT2D eigenvalue weighted by Gasteiger charge is -2.36. The Bertz CT molecular complexity index is 1020. The molecule has 3 aliphatic rings. The van der Waals surface area contributed by atoms with Crippen molar-refractivity contribution >= 4 is 30.0 Å². The van der Waals surface area contributed by atoms with E-state index in [1.165, 1.54) is 0 Å². The predicted octanol–water partition coefficient (Wildman–Crippen LogP) is 0.813. The standard InChI is InChI=1S/C25H34N6O4/c26-25(27)28-11-5-9-18(24(34)35)30-22(32)21-13-16-7-3-4-10-20(16)31(21)23(33)19-12-15-6-1-2-8-17(15)14-29-19/h1-2,6,8,14,16,18-21H,3-5,7,9-13H2,(H,30,32)(H,34,35)(H4,26,27,28)/t16-,18-,19+,20-,21-/m0/s1. The molecule has 2 aliphatic heterocycles. The van der Waals surface area contributed by atoms with Gasteiger partial charge in [0.2, 0.25) is 11.8 Å². The number of likely N-dealkylation sites (tertiary alicyclic amines) is 1. The first-order valence-electron chi connectivity index (χ1n) is 12.4. The largest absolute Gasteiger partial charge is 0.480 e. The van der Waals surface area contributed by atoms with Crippen LogP contribution in [0.5, 0.6) is 0 Å². The number of aliphatic carboxylic acids is 1. The van der Waals surface area contributed by atoms with Crippen LogP contribution in [0.4, 0.5) is 0 Å². The average Bonchev–Trinajstić information content (AvgIpc) is 3.24. The zero-order valence-electron chi connectivity index (χ0n) is 19.8. The molecule has 0 unspecified atom stereocenters. The maximum absolute atomic E-state index is 13.8. The minimum absolute atomic E-state index is 0.00971. The Morgan fingerprint density at radius 1 is 1.20 bits per heavy atom. The minimum Gasteiger partial charge on any atom is -0.480 e. The highest BCUT2D eigenvalue weighted by molar-refractivity contribution is 5.95. The fourth-order valence-corrected chi connectivity index (χ4v) is 5.64. The first-order valence-corrected chi connectivity index (χ1v) is 12.4. The number of carbonyl (C=O) groups excluding carboxylic acids is 2. The first kappa shape index (κ1) is 24.7. The first-order chi connectivity index (χ1) is 16.8. The highest BCUT2D eigenvalue weighted by Crippen LogP contribution is 2.40. The summed E-state index contributed by atoms with van der Waals surface area (Å²) in [6.45, 7) is 0.279. The van der Waals surface area contributed by atoms with E-state index in [-0.39, 0.29) is 36.8 Å². The number of nitrogens with one attached hydrogen (secondary N) is 1. The van der Waals surface area contributed by atoms with Gasteiger partial charge in [0.05, 0.1) is 0 Å². The number of carbonyl (C=O) groups is 3. The van der Waals surface area contributed by atoms with E-state index in [1.807, 2.05) is 24.3 Å². The molecule has 10 heteroatoms.